The predicted octanol–water partition coefficient (Wildman–Crippen LogP) is 5.77. The van der Waals surface area contributed by atoms with E-state index in [2.05, 4.69) is 22.4 Å². The standard InChI is InChI=1S/C24H21FN4OS2/c1-15-16(2)29(12-17-7-9-19(25)10-8-17)23(20(15)11-26)28-22(30)14-32-24-27-21-6-4-3-5-18(21)13-31-24/h3-10H,12-14H2,1-2H3,(H,28,30). The molecule has 0 unspecified atom stereocenters. The van der Waals surface area contributed by atoms with Crippen LogP contribution >= 0.6 is 23.5 Å². The summed E-state index contributed by atoms with van der Waals surface area (Å²) in [5.41, 5.74) is 5.17. The lowest BCUT2D eigenvalue weighted by Crippen LogP contribution is -2.19. The van der Waals surface area contributed by atoms with Crippen molar-refractivity contribution in [3.8, 4) is 6.07 Å². The number of amides is 1. The molecular weight excluding hydrogens is 443 g/mol. The Balaban J connectivity index is 1.50. The van der Waals surface area contributed by atoms with E-state index in [-0.39, 0.29) is 17.5 Å². The Morgan fingerprint density at radius 3 is 2.75 bits per heavy atom. The van der Waals surface area contributed by atoms with Crippen molar-refractivity contribution in [1.82, 2.24) is 4.57 Å². The lowest BCUT2D eigenvalue weighted by atomic mass is 10.2. The molecule has 32 heavy (non-hydrogen) atoms. The van der Waals surface area contributed by atoms with Crippen molar-refractivity contribution in [1.29, 1.82) is 5.26 Å². The quantitative estimate of drug-likeness (QED) is 0.520. The van der Waals surface area contributed by atoms with Gasteiger partial charge in [-0.25, -0.2) is 9.38 Å². The van der Waals surface area contributed by atoms with E-state index in [0.717, 1.165) is 32.6 Å². The molecule has 0 fully saturated rings. The molecule has 5 nitrogen and oxygen atoms in total. The molecule has 8 heteroatoms. The second-order valence-corrected chi connectivity index (χ2v) is 9.58. The first-order valence-corrected chi connectivity index (χ1v) is 12.0. The van der Waals surface area contributed by atoms with Gasteiger partial charge in [0.15, 0.2) is 0 Å². The molecular formula is C24H21FN4OS2. The van der Waals surface area contributed by atoms with E-state index in [1.54, 1.807) is 23.9 Å². The Labute approximate surface area is 194 Å². The monoisotopic (exact) mass is 464 g/mol. The Kier molecular flexibility index (Phi) is 6.68. The first-order chi connectivity index (χ1) is 15.5. The maximum Gasteiger partial charge on any atom is 0.235 e. The van der Waals surface area contributed by atoms with Crippen LogP contribution in [0.4, 0.5) is 15.9 Å². The third kappa shape index (κ3) is 4.74. The smallest absolute Gasteiger partial charge is 0.235 e. The summed E-state index contributed by atoms with van der Waals surface area (Å²) >= 11 is 3.01. The number of nitriles is 1. The summed E-state index contributed by atoms with van der Waals surface area (Å²) in [7, 11) is 0. The Bertz CT molecular complexity index is 1240. The van der Waals surface area contributed by atoms with E-state index in [4.69, 9.17) is 0 Å². The highest BCUT2D eigenvalue weighted by Gasteiger charge is 2.21. The first kappa shape index (κ1) is 22.2. The number of anilines is 1. The van der Waals surface area contributed by atoms with E-state index in [1.165, 1.54) is 29.5 Å². The van der Waals surface area contributed by atoms with Gasteiger partial charge in [0.2, 0.25) is 5.91 Å². The summed E-state index contributed by atoms with van der Waals surface area (Å²) in [6.45, 7) is 4.20. The number of fused-ring (bicyclic) bond motifs is 1. The average Bonchev–Trinajstić information content (AvgIpc) is 3.02. The highest BCUT2D eigenvalue weighted by atomic mass is 32.2. The highest BCUT2D eigenvalue weighted by Crippen LogP contribution is 2.34. The number of benzene rings is 2. The van der Waals surface area contributed by atoms with Gasteiger partial charge in [0.25, 0.3) is 0 Å². The number of aromatic nitrogens is 1. The molecule has 0 saturated carbocycles. The molecule has 2 aromatic carbocycles. The number of aliphatic imine (C=N–C) groups is 1. The zero-order valence-electron chi connectivity index (χ0n) is 17.7. The van der Waals surface area contributed by atoms with Crippen molar-refractivity contribution in [2.75, 3.05) is 11.1 Å². The van der Waals surface area contributed by atoms with Crippen LogP contribution in [0, 0.1) is 31.0 Å². The van der Waals surface area contributed by atoms with Gasteiger partial charge in [0, 0.05) is 18.0 Å². The highest BCUT2D eigenvalue weighted by molar-refractivity contribution is 8.38. The number of para-hydroxylation sites is 1. The SMILES string of the molecule is Cc1c(C#N)c(NC(=O)CSC2=Nc3ccccc3CS2)n(Cc2ccc(F)cc2)c1C. The number of rotatable bonds is 5. The second-order valence-electron chi connectivity index (χ2n) is 7.39. The zero-order chi connectivity index (χ0) is 22.7. The fourth-order valence-electron chi connectivity index (χ4n) is 3.48. The molecule has 1 N–H and O–H groups in total. The zero-order valence-corrected chi connectivity index (χ0v) is 19.3. The van der Waals surface area contributed by atoms with Gasteiger partial charge in [0.05, 0.1) is 17.0 Å². The minimum atomic E-state index is -0.302. The summed E-state index contributed by atoms with van der Waals surface area (Å²) in [6.07, 6.45) is 0. The van der Waals surface area contributed by atoms with Gasteiger partial charge in [-0.2, -0.15) is 5.26 Å². The fraction of sp³-hybridized carbons (Fsp3) is 0.208. The molecule has 1 aromatic heterocycles. The third-order valence-electron chi connectivity index (χ3n) is 5.33. The van der Waals surface area contributed by atoms with Crippen molar-refractivity contribution < 1.29 is 9.18 Å². The predicted molar refractivity (Wildman–Crippen MR) is 130 cm³/mol. The number of nitrogens with one attached hydrogen (secondary N) is 1. The molecule has 0 atom stereocenters. The van der Waals surface area contributed by atoms with E-state index in [9.17, 15) is 14.4 Å². The molecule has 0 spiro atoms. The third-order valence-corrected chi connectivity index (χ3v) is 7.58. The molecule has 162 valence electrons. The molecule has 0 radical (unpaired) electrons. The van der Waals surface area contributed by atoms with Crippen molar-refractivity contribution >= 4 is 45.3 Å². The van der Waals surface area contributed by atoms with E-state index < -0.39 is 0 Å². The van der Waals surface area contributed by atoms with Crippen molar-refractivity contribution in [3.05, 3.63) is 82.3 Å². The molecule has 0 bridgehead atoms. The minimum absolute atomic E-state index is 0.193. The largest absolute Gasteiger partial charge is 0.326 e. The van der Waals surface area contributed by atoms with Crippen molar-refractivity contribution in [2.45, 2.75) is 26.1 Å². The van der Waals surface area contributed by atoms with Crippen LogP contribution in [0.25, 0.3) is 0 Å². The number of carbonyl (C=O) groups is 1. The van der Waals surface area contributed by atoms with Crippen LogP contribution in [0.15, 0.2) is 53.5 Å². The van der Waals surface area contributed by atoms with Gasteiger partial charge in [-0.15, -0.1) is 0 Å². The summed E-state index contributed by atoms with van der Waals surface area (Å²) in [6, 6.07) is 16.4. The second kappa shape index (κ2) is 9.63. The topological polar surface area (TPSA) is 70.2 Å². The Hall–Kier alpha value is -3.02. The Morgan fingerprint density at radius 2 is 2.00 bits per heavy atom. The van der Waals surface area contributed by atoms with E-state index in [0.29, 0.717) is 17.9 Å². The molecule has 3 aromatic rings. The number of nitrogens with zero attached hydrogens (tertiary/aromatic N) is 3. The number of thioether (sulfide) groups is 2. The van der Waals surface area contributed by atoms with Crippen molar-refractivity contribution in [3.63, 3.8) is 0 Å². The van der Waals surface area contributed by atoms with Crippen LogP contribution in [-0.2, 0) is 17.1 Å². The maximum absolute atomic E-state index is 13.3. The van der Waals surface area contributed by atoms with Gasteiger partial charge in [-0.05, 0) is 48.7 Å². The van der Waals surface area contributed by atoms with Crippen LogP contribution in [-0.4, -0.2) is 20.6 Å². The van der Waals surface area contributed by atoms with E-state index >= 15 is 0 Å². The van der Waals surface area contributed by atoms with Gasteiger partial charge in [-0.1, -0.05) is 53.9 Å². The van der Waals surface area contributed by atoms with Crippen LogP contribution in [0.1, 0.15) is 27.9 Å². The lowest BCUT2D eigenvalue weighted by Gasteiger charge is -2.15. The normalized spacial score (nSPS) is 12.6. The van der Waals surface area contributed by atoms with Crippen LogP contribution < -0.4 is 5.32 Å². The first-order valence-electron chi connectivity index (χ1n) is 10.0. The summed E-state index contributed by atoms with van der Waals surface area (Å²) in [5, 5.41) is 12.6. The molecule has 1 amide bonds. The number of hydrogen-bond acceptors (Lipinski definition) is 5. The maximum atomic E-state index is 13.3. The lowest BCUT2D eigenvalue weighted by molar-refractivity contribution is -0.113. The van der Waals surface area contributed by atoms with E-state index in [1.807, 2.05) is 36.6 Å². The molecule has 1 aliphatic rings. The number of carbonyl (C=O) groups excluding carboxylic acids is 1. The van der Waals surface area contributed by atoms with Gasteiger partial charge in [0.1, 0.15) is 22.1 Å². The molecule has 4 rings (SSSR count). The van der Waals surface area contributed by atoms with Crippen LogP contribution in [0.3, 0.4) is 0 Å². The Morgan fingerprint density at radius 1 is 1.25 bits per heavy atom. The molecule has 1 aliphatic heterocycles. The van der Waals surface area contributed by atoms with Gasteiger partial charge in [-0.3, -0.25) is 4.79 Å². The fourth-order valence-corrected chi connectivity index (χ4v) is 5.34. The number of halogens is 1. The summed E-state index contributed by atoms with van der Waals surface area (Å²) in [5.74, 6) is 0.996. The summed E-state index contributed by atoms with van der Waals surface area (Å²) in [4.78, 5) is 17.4. The molecule has 0 aliphatic carbocycles. The van der Waals surface area contributed by atoms with Gasteiger partial charge < -0.3 is 9.88 Å². The summed E-state index contributed by atoms with van der Waals surface area (Å²) < 4.78 is 16.0. The van der Waals surface area contributed by atoms with Crippen LogP contribution in [0.5, 0.6) is 0 Å². The van der Waals surface area contributed by atoms with Crippen molar-refractivity contribution in [2.24, 2.45) is 4.99 Å². The average molecular weight is 465 g/mol. The van der Waals surface area contributed by atoms with Gasteiger partial charge >= 0.3 is 0 Å². The minimum Gasteiger partial charge on any atom is -0.326 e. The van der Waals surface area contributed by atoms with Crippen LogP contribution in [0.2, 0.25) is 0 Å². The molecule has 0 saturated heterocycles. The number of hydrogen-bond donors (Lipinski definition) is 1. The molecule has 2 heterocycles.